The highest BCUT2D eigenvalue weighted by atomic mass is 16.5. The predicted octanol–water partition coefficient (Wildman–Crippen LogP) is 4.29. The lowest BCUT2D eigenvalue weighted by Gasteiger charge is -2.10. The maximum absolute atomic E-state index is 9.14. The molecule has 0 heterocycles. The van der Waals surface area contributed by atoms with Gasteiger partial charge in [0.25, 0.3) is 0 Å². The van der Waals surface area contributed by atoms with Crippen molar-refractivity contribution in [3.8, 4) is 11.8 Å². The van der Waals surface area contributed by atoms with Gasteiger partial charge in [-0.2, -0.15) is 5.26 Å². The Bertz CT molecular complexity index is 772. The van der Waals surface area contributed by atoms with E-state index < -0.39 is 0 Å². The molecule has 0 fully saturated rings. The molecular formula is C18H13NO. The summed E-state index contributed by atoms with van der Waals surface area (Å²) >= 11 is 0. The van der Waals surface area contributed by atoms with Crippen molar-refractivity contribution >= 4 is 10.8 Å². The van der Waals surface area contributed by atoms with E-state index in [1.54, 1.807) is 0 Å². The van der Waals surface area contributed by atoms with E-state index >= 15 is 0 Å². The minimum absolute atomic E-state index is 0.525. The van der Waals surface area contributed by atoms with Crippen molar-refractivity contribution in [3.05, 3.63) is 77.9 Å². The minimum Gasteiger partial charge on any atom is -0.488 e. The Morgan fingerprint density at radius 3 is 2.25 bits per heavy atom. The summed E-state index contributed by atoms with van der Waals surface area (Å²) in [5, 5.41) is 11.0. The van der Waals surface area contributed by atoms with Gasteiger partial charge in [-0.15, -0.1) is 0 Å². The van der Waals surface area contributed by atoms with Crippen molar-refractivity contribution in [1.29, 1.82) is 5.26 Å². The molecule has 0 aliphatic carbocycles. The van der Waals surface area contributed by atoms with Gasteiger partial charge < -0.3 is 4.74 Å². The van der Waals surface area contributed by atoms with E-state index in [2.05, 4.69) is 6.07 Å². The van der Waals surface area contributed by atoms with Crippen LogP contribution in [0.25, 0.3) is 10.8 Å². The summed E-state index contributed by atoms with van der Waals surface area (Å²) < 4.78 is 5.90. The van der Waals surface area contributed by atoms with Crippen LogP contribution >= 0.6 is 0 Å². The van der Waals surface area contributed by atoms with Gasteiger partial charge in [0.15, 0.2) is 0 Å². The van der Waals surface area contributed by atoms with Crippen LogP contribution in [0.4, 0.5) is 0 Å². The fraction of sp³-hybridized carbons (Fsp3) is 0.0556. The van der Waals surface area contributed by atoms with Crippen molar-refractivity contribution in [2.75, 3.05) is 0 Å². The lowest BCUT2D eigenvalue weighted by atomic mass is 10.0. The highest BCUT2D eigenvalue weighted by Crippen LogP contribution is 2.28. The first-order valence-electron chi connectivity index (χ1n) is 6.47. The Hall–Kier alpha value is -2.79. The normalized spacial score (nSPS) is 10.2. The molecule has 2 nitrogen and oxygen atoms in total. The second-order valence-corrected chi connectivity index (χ2v) is 4.54. The molecule has 0 amide bonds. The van der Waals surface area contributed by atoms with Gasteiger partial charge in [-0.25, -0.2) is 0 Å². The Kier molecular flexibility index (Phi) is 3.34. The first-order valence-corrected chi connectivity index (χ1v) is 6.47. The van der Waals surface area contributed by atoms with Gasteiger partial charge in [0.2, 0.25) is 0 Å². The van der Waals surface area contributed by atoms with E-state index in [9.17, 15) is 0 Å². The third kappa shape index (κ3) is 2.34. The number of rotatable bonds is 3. The summed E-state index contributed by atoms with van der Waals surface area (Å²) in [6.07, 6.45) is 0. The maximum Gasteiger partial charge on any atom is 0.127 e. The van der Waals surface area contributed by atoms with E-state index in [4.69, 9.17) is 10.00 Å². The summed E-state index contributed by atoms with van der Waals surface area (Å²) in [6, 6.07) is 23.8. The first kappa shape index (κ1) is 12.3. The smallest absolute Gasteiger partial charge is 0.127 e. The van der Waals surface area contributed by atoms with Crippen LogP contribution in [0.5, 0.6) is 5.75 Å². The lowest BCUT2D eigenvalue weighted by Crippen LogP contribution is -1.96. The number of benzene rings is 3. The van der Waals surface area contributed by atoms with Gasteiger partial charge in [-0.05, 0) is 17.7 Å². The lowest BCUT2D eigenvalue weighted by molar-refractivity contribution is 0.310. The molecular weight excluding hydrogens is 246 g/mol. The van der Waals surface area contributed by atoms with Crippen molar-refractivity contribution in [2.24, 2.45) is 0 Å². The molecule has 0 radical (unpaired) electrons. The van der Waals surface area contributed by atoms with Gasteiger partial charge in [0, 0.05) is 10.8 Å². The van der Waals surface area contributed by atoms with Crippen molar-refractivity contribution in [1.82, 2.24) is 0 Å². The second kappa shape index (κ2) is 5.46. The van der Waals surface area contributed by atoms with Crippen molar-refractivity contribution in [3.63, 3.8) is 0 Å². The number of nitriles is 1. The minimum atomic E-state index is 0.525. The van der Waals surface area contributed by atoms with E-state index in [0.717, 1.165) is 22.1 Å². The molecule has 3 aromatic rings. The number of fused-ring (bicyclic) bond motifs is 1. The largest absolute Gasteiger partial charge is 0.488 e. The molecule has 0 N–H and O–H groups in total. The summed E-state index contributed by atoms with van der Waals surface area (Å²) in [5.74, 6) is 0.809. The van der Waals surface area contributed by atoms with Crippen LogP contribution in [0.3, 0.4) is 0 Å². The molecule has 0 saturated heterocycles. The third-order valence-electron chi connectivity index (χ3n) is 3.24. The summed E-state index contributed by atoms with van der Waals surface area (Å²) in [6.45, 7) is 0.525. The Morgan fingerprint density at radius 1 is 0.800 bits per heavy atom. The van der Waals surface area contributed by atoms with Gasteiger partial charge in [0.05, 0.1) is 11.6 Å². The zero-order valence-electron chi connectivity index (χ0n) is 10.9. The summed E-state index contributed by atoms with van der Waals surface area (Å²) in [5.41, 5.74) is 1.80. The molecule has 20 heavy (non-hydrogen) atoms. The van der Waals surface area contributed by atoms with Gasteiger partial charge >= 0.3 is 0 Å². The molecule has 0 saturated carbocycles. The molecule has 0 bridgehead atoms. The zero-order valence-corrected chi connectivity index (χ0v) is 10.9. The predicted molar refractivity (Wildman–Crippen MR) is 79.4 cm³/mol. The monoisotopic (exact) mass is 259 g/mol. The Labute approximate surface area is 117 Å². The third-order valence-corrected chi connectivity index (χ3v) is 3.24. The molecule has 0 aromatic heterocycles. The molecule has 0 atom stereocenters. The van der Waals surface area contributed by atoms with Crippen molar-refractivity contribution < 1.29 is 4.74 Å². The standard InChI is InChI=1S/C18H13NO/c19-12-15-10-11-18(17-9-5-4-8-16(15)17)20-13-14-6-2-1-3-7-14/h1-11H,13H2. The number of nitrogens with zero attached hydrogens (tertiary/aromatic N) is 1. The number of hydrogen-bond acceptors (Lipinski definition) is 2. The van der Waals surface area contributed by atoms with Crippen LogP contribution < -0.4 is 4.74 Å². The molecule has 2 heteroatoms. The van der Waals surface area contributed by atoms with E-state index in [1.165, 1.54) is 0 Å². The summed E-state index contributed by atoms with van der Waals surface area (Å²) in [4.78, 5) is 0. The molecule has 0 aliphatic rings. The first-order chi connectivity index (χ1) is 9.88. The fourth-order valence-corrected chi connectivity index (χ4v) is 2.23. The molecule has 0 aliphatic heterocycles. The topological polar surface area (TPSA) is 33.0 Å². The summed E-state index contributed by atoms with van der Waals surface area (Å²) in [7, 11) is 0. The molecule has 0 spiro atoms. The number of hydrogen-bond donors (Lipinski definition) is 0. The average molecular weight is 259 g/mol. The van der Waals surface area contributed by atoms with Crippen LogP contribution in [-0.2, 0) is 6.61 Å². The molecule has 0 unspecified atom stereocenters. The molecule has 96 valence electrons. The zero-order chi connectivity index (χ0) is 13.8. The van der Waals surface area contributed by atoms with Gasteiger partial charge in [-0.1, -0.05) is 54.6 Å². The molecule has 3 rings (SSSR count). The second-order valence-electron chi connectivity index (χ2n) is 4.54. The number of ether oxygens (including phenoxy) is 1. The average Bonchev–Trinajstić information content (AvgIpc) is 2.53. The highest BCUT2D eigenvalue weighted by molar-refractivity contribution is 5.92. The highest BCUT2D eigenvalue weighted by Gasteiger charge is 2.06. The van der Waals surface area contributed by atoms with Crippen LogP contribution in [0.15, 0.2) is 66.7 Å². The van der Waals surface area contributed by atoms with E-state index in [0.29, 0.717) is 12.2 Å². The SMILES string of the molecule is N#Cc1ccc(OCc2ccccc2)c2ccccc12. The van der Waals surface area contributed by atoms with E-state index in [1.807, 2.05) is 66.7 Å². The van der Waals surface area contributed by atoms with Gasteiger partial charge in [0.1, 0.15) is 12.4 Å². The fourth-order valence-electron chi connectivity index (χ4n) is 2.23. The Balaban J connectivity index is 1.95. The molecule has 3 aromatic carbocycles. The van der Waals surface area contributed by atoms with Crippen LogP contribution in [0, 0.1) is 11.3 Å². The van der Waals surface area contributed by atoms with Crippen LogP contribution in [0.2, 0.25) is 0 Å². The van der Waals surface area contributed by atoms with E-state index in [-0.39, 0.29) is 0 Å². The quantitative estimate of drug-likeness (QED) is 0.703. The van der Waals surface area contributed by atoms with Gasteiger partial charge in [-0.3, -0.25) is 0 Å². The van der Waals surface area contributed by atoms with Crippen LogP contribution in [0.1, 0.15) is 11.1 Å². The Morgan fingerprint density at radius 2 is 1.50 bits per heavy atom. The maximum atomic E-state index is 9.14. The van der Waals surface area contributed by atoms with Crippen molar-refractivity contribution in [2.45, 2.75) is 6.61 Å². The van der Waals surface area contributed by atoms with Crippen LogP contribution in [-0.4, -0.2) is 0 Å².